The van der Waals surface area contributed by atoms with Gasteiger partial charge in [-0.15, -0.1) is 0 Å². The van der Waals surface area contributed by atoms with E-state index in [2.05, 4.69) is 33.0 Å². The maximum absolute atomic E-state index is 12.7. The summed E-state index contributed by atoms with van der Waals surface area (Å²) in [7, 11) is 0. The molecule has 2 saturated heterocycles. The number of nitrogens with zero attached hydrogens (tertiary/aromatic N) is 1. The topological polar surface area (TPSA) is 49.4 Å². The van der Waals surface area contributed by atoms with Crippen molar-refractivity contribution in [3.8, 4) is 0 Å². The quantitative estimate of drug-likeness (QED) is 0.779. The van der Waals surface area contributed by atoms with E-state index in [-0.39, 0.29) is 29.4 Å². The van der Waals surface area contributed by atoms with Crippen LogP contribution in [0, 0.1) is 0 Å². The van der Waals surface area contributed by atoms with E-state index in [0.29, 0.717) is 10.8 Å². The number of rotatable bonds is 1. The minimum absolute atomic E-state index is 0.0257. The Morgan fingerprint density at radius 1 is 1.21 bits per heavy atom. The monoisotopic (exact) mass is 348 g/mol. The summed E-state index contributed by atoms with van der Waals surface area (Å²) in [5, 5.41) is 3.30. The number of carbonyl (C=O) groups excluding carboxylic acids is 2. The predicted octanol–water partition coefficient (Wildman–Crippen LogP) is 4.05. The molecule has 1 aromatic carbocycles. The van der Waals surface area contributed by atoms with Crippen LogP contribution in [0.4, 0.5) is 4.79 Å². The largest absolute Gasteiger partial charge is 0.332 e. The van der Waals surface area contributed by atoms with Gasteiger partial charge in [-0.25, -0.2) is 4.79 Å². The van der Waals surface area contributed by atoms with Gasteiger partial charge < -0.3 is 5.32 Å². The Labute approximate surface area is 149 Å². The average molecular weight is 349 g/mol. The summed E-state index contributed by atoms with van der Waals surface area (Å²) in [5.41, 5.74) is 1.81. The smallest absolute Gasteiger partial charge is 0.325 e. The van der Waals surface area contributed by atoms with Crippen LogP contribution in [0.2, 0.25) is 0 Å². The summed E-state index contributed by atoms with van der Waals surface area (Å²) in [6.07, 6.45) is 0. The predicted molar refractivity (Wildman–Crippen MR) is 101 cm³/mol. The van der Waals surface area contributed by atoms with Crippen molar-refractivity contribution in [2.24, 2.45) is 0 Å². The van der Waals surface area contributed by atoms with Crippen molar-refractivity contribution in [1.29, 1.82) is 0 Å². The van der Waals surface area contributed by atoms with Crippen LogP contribution < -0.4 is 5.32 Å². The van der Waals surface area contributed by atoms with Crippen LogP contribution in [-0.4, -0.2) is 39.9 Å². The molecule has 1 unspecified atom stereocenters. The fourth-order valence-corrected chi connectivity index (χ4v) is 4.39. The fraction of sp³-hybridized carbons (Fsp3) is 0.579. The fourth-order valence-electron chi connectivity index (χ4n) is 3.08. The normalized spacial score (nSPS) is 25.7. The van der Waals surface area contributed by atoms with E-state index in [1.807, 2.05) is 38.1 Å². The second-order valence-electron chi connectivity index (χ2n) is 7.08. The van der Waals surface area contributed by atoms with Crippen LogP contribution in [0.15, 0.2) is 24.3 Å². The van der Waals surface area contributed by atoms with Gasteiger partial charge in [-0.05, 0) is 23.1 Å². The summed E-state index contributed by atoms with van der Waals surface area (Å²) >= 11 is 1.80. The molecular formula is C19H28N2O2S. The molecule has 24 heavy (non-hydrogen) atoms. The third-order valence-corrected chi connectivity index (χ3v) is 5.86. The highest BCUT2D eigenvalue weighted by molar-refractivity contribution is 8.00. The Balaban J connectivity index is 0.00000100. The van der Waals surface area contributed by atoms with Crippen LogP contribution in [-0.2, 0) is 5.41 Å². The lowest BCUT2D eigenvalue weighted by molar-refractivity contribution is 0.0790. The third kappa shape index (κ3) is 3.46. The van der Waals surface area contributed by atoms with Gasteiger partial charge in [0.15, 0.2) is 0 Å². The van der Waals surface area contributed by atoms with E-state index in [1.54, 1.807) is 11.8 Å². The third-order valence-electron chi connectivity index (χ3n) is 4.51. The van der Waals surface area contributed by atoms with Crippen LogP contribution in [0.25, 0.3) is 0 Å². The minimum Gasteiger partial charge on any atom is -0.332 e. The molecular weight excluding hydrogens is 320 g/mol. The number of nitrogens with one attached hydrogen (secondary N) is 1. The minimum atomic E-state index is -0.257. The number of hydrogen-bond donors (Lipinski definition) is 1. The zero-order chi connectivity index (χ0) is 18.1. The first kappa shape index (κ1) is 18.8. The highest BCUT2D eigenvalue weighted by Crippen LogP contribution is 2.34. The molecule has 2 aliphatic rings. The molecule has 3 rings (SSSR count). The molecule has 4 nitrogen and oxygen atoms in total. The van der Waals surface area contributed by atoms with Crippen LogP contribution in [0.1, 0.15) is 57.5 Å². The summed E-state index contributed by atoms with van der Waals surface area (Å²) in [6, 6.07) is 7.41. The second kappa shape index (κ2) is 7.18. The summed E-state index contributed by atoms with van der Waals surface area (Å²) in [5.74, 6) is 0.622. The second-order valence-corrected chi connectivity index (χ2v) is 8.49. The molecule has 0 bridgehead atoms. The molecule has 2 fully saturated rings. The maximum Gasteiger partial charge on any atom is 0.325 e. The molecule has 1 aromatic rings. The van der Waals surface area contributed by atoms with Gasteiger partial charge in [0.05, 0.1) is 12.1 Å². The van der Waals surface area contributed by atoms with Crippen LogP contribution in [0.3, 0.4) is 0 Å². The standard InChI is InChI=1S/C17H22N2O2S.C2H6/c1-10-14-13(9-22-10)19(16(21)18-14)15(20)11-5-7-12(8-6-11)17(2,3)4;1-2/h5-8,10,13-14H,9H2,1-4H3,(H,18,21);1-2H3/t10?,13-,14+;/m0./s1. The van der Waals surface area contributed by atoms with E-state index in [1.165, 1.54) is 10.5 Å². The summed E-state index contributed by atoms with van der Waals surface area (Å²) in [6.45, 7) is 12.5. The van der Waals surface area contributed by atoms with E-state index in [0.717, 1.165) is 5.75 Å². The molecule has 2 aliphatic heterocycles. The van der Waals surface area contributed by atoms with Crippen molar-refractivity contribution in [1.82, 2.24) is 10.2 Å². The zero-order valence-corrected chi connectivity index (χ0v) is 16.2. The highest BCUT2D eigenvalue weighted by atomic mass is 32.2. The number of carbonyl (C=O) groups is 2. The lowest BCUT2D eigenvalue weighted by Gasteiger charge is -2.21. The van der Waals surface area contributed by atoms with Gasteiger partial charge in [-0.1, -0.05) is 53.7 Å². The molecule has 132 valence electrons. The molecule has 0 aliphatic carbocycles. The molecule has 5 heteroatoms. The number of imide groups is 1. The van der Waals surface area contributed by atoms with E-state index in [4.69, 9.17) is 0 Å². The van der Waals surface area contributed by atoms with Gasteiger partial charge >= 0.3 is 6.03 Å². The first-order chi connectivity index (χ1) is 11.3. The summed E-state index contributed by atoms with van der Waals surface area (Å²) < 4.78 is 0. The molecule has 1 N–H and O–H groups in total. The highest BCUT2D eigenvalue weighted by Gasteiger charge is 2.49. The first-order valence-electron chi connectivity index (χ1n) is 8.65. The number of thioether (sulfide) groups is 1. The maximum atomic E-state index is 12.7. The first-order valence-corrected chi connectivity index (χ1v) is 9.70. The molecule has 0 radical (unpaired) electrons. The molecule has 0 spiro atoms. The number of urea groups is 1. The Morgan fingerprint density at radius 2 is 1.79 bits per heavy atom. The lowest BCUT2D eigenvalue weighted by atomic mass is 9.86. The Bertz CT molecular complexity index is 607. The Kier molecular flexibility index (Phi) is 5.63. The van der Waals surface area contributed by atoms with Gasteiger partial charge in [0, 0.05) is 16.6 Å². The van der Waals surface area contributed by atoms with Crippen molar-refractivity contribution >= 4 is 23.7 Å². The van der Waals surface area contributed by atoms with E-state index >= 15 is 0 Å². The average Bonchev–Trinajstić information content (AvgIpc) is 3.07. The lowest BCUT2D eigenvalue weighted by Crippen LogP contribution is -2.41. The van der Waals surface area contributed by atoms with Gasteiger partial charge in [0.25, 0.3) is 5.91 Å². The Morgan fingerprint density at radius 3 is 2.33 bits per heavy atom. The van der Waals surface area contributed by atoms with Crippen LogP contribution >= 0.6 is 11.8 Å². The van der Waals surface area contributed by atoms with E-state index in [9.17, 15) is 9.59 Å². The summed E-state index contributed by atoms with van der Waals surface area (Å²) in [4.78, 5) is 26.3. The number of hydrogen-bond acceptors (Lipinski definition) is 3. The van der Waals surface area contributed by atoms with E-state index < -0.39 is 0 Å². The Hall–Kier alpha value is -1.49. The number of amides is 3. The van der Waals surface area contributed by atoms with Crippen molar-refractivity contribution in [3.63, 3.8) is 0 Å². The van der Waals surface area contributed by atoms with Crippen molar-refractivity contribution in [2.45, 2.75) is 64.3 Å². The van der Waals surface area contributed by atoms with Crippen molar-refractivity contribution < 1.29 is 9.59 Å². The number of fused-ring (bicyclic) bond motifs is 1. The van der Waals surface area contributed by atoms with Gasteiger partial charge in [-0.2, -0.15) is 11.8 Å². The molecule has 0 saturated carbocycles. The number of benzene rings is 1. The SMILES string of the molecule is CC.CC1SC[C@H]2[C@@H]1NC(=O)N2C(=O)c1ccc(C(C)(C)C)cc1. The van der Waals surface area contributed by atoms with Crippen molar-refractivity contribution in [3.05, 3.63) is 35.4 Å². The van der Waals surface area contributed by atoms with Gasteiger partial charge in [0.1, 0.15) is 0 Å². The van der Waals surface area contributed by atoms with Gasteiger partial charge in [0.2, 0.25) is 0 Å². The van der Waals surface area contributed by atoms with Crippen molar-refractivity contribution in [2.75, 3.05) is 5.75 Å². The van der Waals surface area contributed by atoms with Crippen LogP contribution in [0.5, 0.6) is 0 Å². The zero-order valence-electron chi connectivity index (χ0n) is 15.4. The molecule has 2 heterocycles. The molecule has 0 aromatic heterocycles. The molecule has 3 amide bonds. The molecule has 3 atom stereocenters. The van der Waals surface area contributed by atoms with Gasteiger partial charge in [-0.3, -0.25) is 9.69 Å².